The molecule has 0 fully saturated rings. The van der Waals surface area contributed by atoms with E-state index < -0.39 is 17.7 Å². The van der Waals surface area contributed by atoms with Gasteiger partial charge in [-0.2, -0.15) is 18.3 Å². The number of carbonyl (C=O) groups is 2. The van der Waals surface area contributed by atoms with Gasteiger partial charge in [0.1, 0.15) is 24.9 Å². The van der Waals surface area contributed by atoms with Crippen LogP contribution in [-0.4, -0.2) is 50.3 Å². The summed E-state index contributed by atoms with van der Waals surface area (Å²) in [6.45, 7) is 1.76. The van der Waals surface area contributed by atoms with Crippen LogP contribution in [0.4, 0.5) is 13.2 Å². The molecule has 180 valence electrons. The molecule has 0 saturated heterocycles. The number of amides is 1. The molecule has 8 nitrogen and oxygen atoms in total. The Labute approximate surface area is 193 Å². The van der Waals surface area contributed by atoms with E-state index in [0.29, 0.717) is 22.4 Å². The Morgan fingerprint density at radius 3 is 2.50 bits per heavy atom. The molecule has 0 unspecified atom stereocenters. The number of likely N-dealkylation sites (N-methyl/N-ethyl adjacent to an activating group) is 1. The minimum atomic E-state index is -4.58. The lowest BCUT2D eigenvalue weighted by Crippen LogP contribution is -2.33. The lowest BCUT2D eigenvalue weighted by atomic mass is 9.94. The molecule has 1 N–H and O–H groups in total. The number of rotatable bonds is 9. The number of carboxylic acids is 1. The van der Waals surface area contributed by atoms with Crippen LogP contribution >= 0.6 is 0 Å². The summed E-state index contributed by atoms with van der Waals surface area (Å²) in [6, 6.07) is 8.01. The second-order valence-corrected chi connectivity index (χ2v) is 7.48. The molecule has 2 aromatic carbocycles. The van der Waals surface area contributed by atoms with Crippen molar-refractivity contribution in [1.29, 1.82) is 0 Å². The number of aliphatic carboxylic acids is 1. The molecule has 34 heavy (non-hydrogen) atoms. The highest BCUT2D eigenvalue weighted by Gasteiger charge is 2.31. The van der Waals surface area contributed by atoms with Gasteiger partial charge in [-0.1, -0.05) is 12.1 Å². The average Bonchev–Trinajstić information content (AvgIpc) is 3.29. The molecule has 0 aliphatic rings. The molecule has 0 saturated carbocycles. The molecule has 1 amide bonds. The first-order valence-corrected chi connectivity index (χ1v) is 10.3. The fraction of sp³-hybridized carbons (Fsp3) is 0.304. The lowest BCUT2D eigenvalue weighted by molar-refractivity contribution is -0.138. The van der Waals surface area contributed by atoms with E-state index in [2.05, 4.69) is 10.1 Å². The lowest BCUT2D eigenvalue weighted by Gasteiger charge is -2.24. The molecule has 3 rings (SSSR count). The fourth-order valence-electron chi connectivity index (χ4n) is 3.55. The van der Waals surface area contributed by atoms with Crippen molar-refractivity contribution >= 4 is 11.9 Å². The average molecular weight is 476 g/mol. The zero-order valence-corrected chi connectivity index (χ0v) is 18.5. The highest BCUT2D eigenvalue weighted by Crippen LogP contribution is 2.38. The number of aromatic nitrogens is 3. The molecule has 0 atom stereocenters. The van der Waals surface area contributed by atoms with Gasteiger partial charge < -0.3 is 14.7 Å². The molecule has 0 spiro atoms. The second kappa shape index (κ2) is 10.4. The van der Waals surface area contributed by atoms with Crippen molar-refractivity contribution in [2.24, 2.45) is 0 Å². The summed E-state index contributed by atoms with van der Waals surface area (Å²) in [5.41, 5.74) is 0.693. The van der Waals surface area contributed by atoms with E-state index in [-0.39, 0.29) is 37.5 Å². The van der Waals surface area contributed by atoms with Gasteiger partial charge in [0.05, 0.1) is 19.1 Å². The van der Waals surface area contributed by atoms with Crippen LogP contribution in [0.25, 0.3) is 11.1 Å². The molecule has 0 bridgehead atoms. The predicted molar refractivity (Wildman–Crippen MR) is 116 cm³/mol. The van der Waals surface area contributed by atoms with Crippen molar-refractivity contribution in [2.45, 2.75) is 32.6 Å². The minimum absolute atomic E-state index is 0.102. The van der Waals surface area contributed by atoms with Crippen LogP contribution in [0.15, 0.2) is 49.1 Å². The van der Waals surface area contributed by atoms with Crippen molar-refractivity contribution in [2.75, 3.05) is 13.7 Å². The molecule has 0 aliphatic heterocycles. The number of hydrogen-bond donors (Lipinski definition) is 1. The van der Waals surface area contributed by atoms with Crippen LogP contribution < -0.4 is 4.74 Å². The van der Waals surface area contributed by atoms with E-state index in [1.54, 1.807) is 25.1 Å². The van der Waals surface area contributed by atoms with E-state index in [1.165, 1.54) is 35.4 Å². The quantitative estimate of drug-likeness (QED) is 0.506. The van der Waals surface area contributed by atoms with E-state index >= 15 is 0 Å². The Bertz CT molecular complexity index is 1160. The smallest absolute Gasteiger partial charge is 0.416 e. The van der Waals surface area contributed by atoms with Gasteiger partial charge >= 0.3 is 12.1 Å². The van der Waals surface area contributed by atoms with Crippen molar-refractivity contribution in [3.05, 3.63) is 65.7 Å². The number of methoxy groups -OCH3 is 1. The molecular formula is C23H23F3N4O4. The van der Waals surface area contributed by atoms with Crippen LogP contribution in [0.5, 0.6) is 5.75 Å². The van der Waals surface area contributed by atoms with Gasteiger partial charge in [-0.25, -0.2) is 9.67 Å². The van der Waals surface area contributed by atoms with Crippen molar-refractivity contribution in [1.82, 2.24) is 19.7 Å². The van der Waals surface area contributed by atoms with Gasteiger partial charge in [-0.05, 0) is 47.9 Å². The van der Waals surface area contributed by atoms with Crippen molar-refractivity contribution in [3.63, 3.8) is 0 Å². The molecule has 1 heterocycles. The van der Waals surface area contributed by atoms with Crippen LogP contribution in [-0.2, 0) is 35.3 Å². The van der Waals surface area contributed by atoms with E-state index in [4.69, 9.17) is 9.84 Å². The largest absolute Gasteiger partial charge is 0.496 e. The number of carbonyl (C=O) groups excluding carboxylic acids is 1. The maximum absolute atomic E-state index is 13.5. The molecule has 1 aromatic heterocycles. The van der Waals surface area contributed by atoms with Gasteiger partial charge in [0.25, 0.3) is 0 Å². The first-order chi connectivity index (χ1) is 16.1. The van der Waals surface area contributed by atoms with E-state index in [0.717, 1.165) is 12.1 Å². The van der Waals surface area contributed by atoms with E-state index in [1.807, 2.05) is 0 Å². The molecule has 11 heteroatoms. The van der Waals surface area contributed by atoms with Crippen LogP contribution in [0.3, 0.4) is 0 Å². The highest BCUT2D eigenvalue weighted by atomic mass is 19.4. The second-order valence-electron chi connectivity index (χ2n) is 7.48. The Morgan fingerprint density at radius 2 is 1.91 bits per heavy atom. The topological polar surface area (TPSA) is 97.6 Å². The van der Waals surface area contributed by atoms with Crippen LogP contribution in [0, 0.1) is 0 Å². The van der Waals surface area contributed by atoms with Gasteiger partial charge in [-0.15, -0.1) is 0 Å². The van der Waals surface area contributed by atoms with Gasteiger partial charge in [0.15, 0.2) is 0 Å². The Balaban J connectivity index is 2.06. The summed E-state index contributed by atoms with van der Waals surface area (Å²) in [7, 11) is 1.42. The zero-order chi connectivity index (χ0) is 24.9. The van der Waals surface area contributed by atoms with Gasteiger partial charge in [-0.3, -0.25) is 9.59 Å². The Kier molecular flexibility index (Phi) is 7.54. The third-order valence-electron chi connectivity index (χ3n) is 5.20. The van der Waals surface area contributed by atoms with Crippen molar-refractivity contribution in [3.8, 4) is 16.9 Å². The maximum atomic E-state index is 13.5. The number of benzene rings is 2. The summed E-state index contributed by atoms with van der Waals surface area (Å²) in [5, 5.41) is 13.0. The van der Waals surface area contributed by atoms with E-state index in [9.17, 15) is 22.8 Å². The predicted octanol–water partition coefficient (Wildman–Crippen LogP) is 3.65. The first kappa shape index (κ1) is 24.7. The SMILES string of the molecule is CCN(Cc1cc(C(F)(F)F)ccc1-c1cc(CC(=O)O)ccc1OC)C(=O)Cn1cncn1. The Morgan fingerprint density at radius 1 is 1.15 bits per heavy atom. The normalized spacial score (nSPS) is 11.3. The molecule has 3 aromatic rings. The standard InChI is InChI=1S/C23H23F3N4O4/c1-3-29(21(31)12-30-14-27-13-28-30)11-16-10-17(23(24,25)26)5-6-18(16)19-8-15(9-22(32)33)4-7-20(19)34-2/h4-8,10,13-14H,3,9,11-12H2,1-2H3,(H,32,33). The molecule has 0 radical (unpaired) electrons. The van der Waals surface area contributed by atoms with Gasteiger partial charge in [0.2, 0.25) is 5.91 Å². The fourth-order valence-corrected chi connectivity index (χ4v) is 3.55. The number of carboxylic acid groups (broad SMARTS) is 1. The highest BCUT2D eigenvalue weighted by molar-refractivity contribution is 5.79. The number of halogens is 3. The monoisotopic (exact) mass is 476 g/mol. The summed E-state index contributed by atoms with van der Waals surface area (Å²) < 4.78 is 47.2. The Hall–Kier alpha value is -3.89. The third kappa shape index (κ3) is 5.91. The minimum Gasteiger partial charge on any atom is -0.496 e. The number of alkyl halides is 3. The third-order valence-corrected chi connectivity index (χ3v) is 5.20. The van der Waals surface area contributed by atoms with Crippen LogP contribution in [0.2, 0.25) is 0 Å². The number of hydrogen-bond acceptors (Lipinski definition) is 5. The number of ether oxygens (including phenoxy) is 1. The first-order valence-electron chi connectivity index (χ1n) is 10.3. The van der Waals surface area contributed by atoms with Crippen LogP contribution in [0.1, 0.15) is 23.6 Å². The summed E-state index contributed by atoms with van der Waals surface area (Å²) >= 11 is 0. The summed E-state index contributed by atoms with van der Waals surface area (Å²) in [6.07, 6.45) is -2.18. The zero-order valence-electron chi connectivity index (χ0n) is 18.5. The number of nitrogens with zero attached hydrogens (tertiary/aromatic N) is 4. The maximum Gasteiger partial charge on any atom is 0.416 e. The summed E-state index contributed by atoms with van der Waals surface area (Å²) in [4.78, 5) is 29.2. The van der Waals surface area contributed by atoms with Gasteiger partial charge in [0, 0.05) is 18.7 Å². The molecular weight excluding hydrogens is 453 g/mol. The summed E-state index contributed by atoms with van der Waals surface area (Å²) in [5.74, 6) is -1.02. The van der Waals surface area contributed by atoms with Crippen molar-refractivity contribution < 1.29 is 32.6 Å². The molecule has 0 aliphatic carbocycles.